The lowest BCUT2D eigenvalue weighted by molar-refractivity contribution is 0.615. The maximum atomic E-state index is 12.7. The lowest BCUT2D eigenvalue weighted by atomic mass is 10.4. The fourth-order valence-corrected chi connectivity index (χ4v) is 3.02. The van der Waals surface area contributed by atoms with E-state index < -0.39 is 13.1 Å². The predicted octanol–water partition coefficient (Wildman–Crippen LogP) is 3.54. The largest absolute Gasteiger partial charge is 0.257 e. The molecule has 1 nitrogen and oxygen atoms in total. The van der Waals surface area contributed by atoms with Crippen LogP contribution in [0.3, 0.4) is 0 Å². The second kappa shape index (κ2) is 3.65. The molecule has 0 spiro atoms. The fourth-order valence-electron chi connectivity index (χ4n) is 0.752. The van der Waals surface area contributed by atoms with Crippen molar-refractivity contribution in [2.24, 2.45) is 0 Å². The number of rotatable bonds is 1. The highest BCUT2D eigenvalue weighted by Gasteiger charge is 2.17. The van der Waals surface area contributed by atoms with Gasteiger partial charge in [-0.25, -0.2) is 4.39 Å². The first-order valence-electron chi connectivity index (χ1n) is 3.01. The van der Waals surface area contributed by atoms with Crippen LogP contribution in [-0.2, 0) is 0 Å². The van der Waals surface area contributed by atoms with Gasteiger partial charge in [0.2, 0.25) is 0 Å². The molecule has 6 heteroatoms. The minimum absolute atomic E-state index is 0.420. The molecule has 1 rings (SSSR count). The Morgan fingerprint density at radius 3 is 2.58 bits per heavy atom. The summed E-state index contributed by atoms with van der Waals surface area (Å²) < 4.78 is 12.7. The number of aromatic nitrogens is 1. The second-order valence-electron chi connectivity index (χ2n) is 2.22. The molecule has 1 aromatic rings. The first-order chi connectivity index (χ1) is 5.41. The van der Waals surface area contributed by atoms with Gasteiger partial charge in [0.15, 0.2) is 0 Å². The quantitative estimate of drug-likeness (QED) is 0.568. The van der Waals surface area contributed by atoms with E-state index in [9.17, 15) is 4.39 Å². The predicted molar refractivity (Wildman–Crippen MR) is 58.6 cm³/mol. The van der Waals surface area contributed by atoms with E-state index in [0.717, 1.165) is 6.20 Å². The van der Waals surface area contributed by atoms with Gasteiger partial charge in [0, 0.05) is 4.90 Å². The molecule has 0 amide bonds. The molecule has 0 aromatic carbocycles. The summed E-state index contributed by atoms with van der Waals surface area (Å²) in [6.07, 6.45) is 1.14. The smallest absolute Gasteiger partial charge is 0.142 e. The van der Waals surface area contributed by atoms with Gasteiger partial charge in [-0.3, -0.25) is 4.98 Å². The molecule has 0 aliphatic rings. The van der Waals surface area contributed by atoms with Gasteiger partial charge in [0.05, 0.1) is 11.9 Å². The van der Waals surface area contributed by atoms with E-state index in [0.29, 0.717) is 10.6 Å². The van der Waals surface area contributed by atoms with Crippen molar-refractivity contribution in [3.8, 4) is 0 Å². The van der Waals surface area contributed by atoms with Crippen molar-refractivity contribution in [3.05, 3.63) is 23.8 Å². The number of halogens is 2. The molecule has 0 saturated heterocycles. The average molecular weight is 244 g/mol. The Bertz CT molecular complexity index is 299. The summed E-state index contributed by atoms with van der Waals surface area (Å²) in [4.78, 5) is 4.36. The minimum atomic E-state index is -2.00. The van der Waals surface area contributed by atoms with Crippen molar-refractivity contribution in [1.29, 1.82) is 0 Å². The normalized spacial score (nSPS) is 13.1. The molecule has 0 aliphatic carbocycles. The van der Waals surface area contributed by atoms with Gasteiger partial charge in [0.1, 0.15) is 5.82 Å². The van der Waals surface area contributed by atoms with E-state index >= 15 is 0 Å². The van der Waals surface area contributed by atoms with Crippen LogP contribution in [0.25, 0.3) is 0 Å². The first-order valence-corrected chi connectivity index (χ1v) is 7.57. The van der Waals surface area contributed by atoms with Crippen LogP contribution in [0.2, 0.25) is 0 Å². The zero-order valence-electron chi connectivity index (χ0n) is 6.16. The number of pyridine rings is 1. The monoisotopic (exact) mass is 243 g/mol. The van der Waals surface area contributed by atoms with Crippen molar-refractivity contribution in [3.63, 3.8) is 0 Å². The van der Waals surface area contributed by atoms with Crippen LogP contribution < -0.4 is 0 Å². The lowest BCUT2D eigenvalue weighted by Crippen LogP contribution is -1.90. The summed E-state index contributed by atoms with van der Waals surface area (Å²) in [7, 11) is 3.84. The molecule has 1 aromatic heterocycles. The van der Waals surface area contributed by atoms with Gasteiger partial charge in [-0.2, -0.15) is 0 Å². The molecule has 0 unspecified atom stereocenters. The first kappa shape index (κ1) is 10.5. The standard InChI is InChI=1S/C6H7ClFNS3/c1-4-6(12(7,10)11)2-5(8)3-9-4/h2-3,10-11H,1H3. The van der Waals surface area contributed by atoms with Gasteiger partial charge < -0.3 is 0 Å². The summed E-state index contributed by atoms with van der Waals surface area (Å²) in [5.41, 5.74) is 0.659. The summed E-state index contributed by atoms with van der Waals surface area (Å²) in [5.74, 6) is -0.420. The third-order valence-corrected chi connectivity index (χ3v) is 3.94. The van der Waals surface area contributed by atoms with Gasteiger partial charge in [-0.15, -0.1) is 23.3 Å². The minimum Gasteiger partial charge on any atom is -0.257 e. The van der Waals surface area contributed by atoms with Crippen molar-refractivity contribution in [1.82, 2.24) is 4.98 Å². The molecule has 68 valence electrons. The third-order valence-electron chi connectivity index (χ3n) is 1.29. The topological polar surface area (TPSA) is 12.9 Å². The number of hydrogen-bond donors (Lipinski definition) is 2. The zero-order chi connectivity index (χ0) is 9.35. The van der Waals surface area contributed by atoms with Crippen LogP contribution in [0, 0.1) is 12.7 Å². The molecular formula is C6H7ClFNS3. The number of hydrogen-bond acceptors (Lipinski definition) is 3. The third kappa shape index (κ3) is 2.45. The Morgan fingerprint density at radius 1 is 1.58 bits per heavy atom. The van der Waals surface area contributed by atoms with E-state index in [-0.39, 0.29) is 0 Å². The van der Waals surface area contributed by atoms with Gasteiger partial charge >= 0.3 is 0 Å². The van der Waals surface area contributed by atoms with Crippen LogP contribution in [0.15, 0.2) is 17.2 Å². The SMILES string of the molecule is Cc1ncc(F)cc1S(S)(S)Cl. The highest BCUT2D eigenvalue weighted by molar-refractivity contribution is 9.25. The second-order valence-corrected chi connectivity index (χ2v) is 10.4. The molecule has 0 aliphatic heterocycles. The van der Waals surface area contributed by atoms with E-state index in [2.05, 4.69) is 28.3 Å². The zero-order valence-corrected chi connectivity index (χ0v) is 9.52. The van der Waals surface area contributed by atoms with Crippen LogP contribution in [-0.4, -0.2) is 4.98 Å². The number of thiol groups is 2. The Kier molecular flexibility index (Phi) is 3.20. The molecule has 0 saturated carbocycles. The van der Waals surface area contributed by atoms with E-state index in [1.807, 2.05) is 0 Å². The Labute approximate surface area is 86.2 Å². The van der Waals surface area contributed by atoms with Crippen LogP contribution in [0.4, 0.5) is 4.39 Å². The summed E-state index contributed by atoms with van der Waals surface area (Å²) >= 11 is 8.14. The van der Waals surface area contributed by atoms with Crippen molar-refractivity contribution >= 4 is 41.3 Å². The molecular weight excluding hydrogens is 237 g/mol. The highest BCUT2D eigenvalue weighted by atomic mass is 35.8. The molecule has 0 radical (unpaired) electrons. The van der Waals surface area contributed by atoms with Crippen LogP contribution in [0.5, 0.6) is 0 Å². The molecule has 0 atom stereocenters. The van der Waals surface area contributed by atoms with E-state index in [4.69, 9.17) is 10.7 Å². The molecule has 12 heavy (non-hydrogen) atoms. The summed E-state index contributed by atoms with van der Waals surface area (Å²) in [6, 6.07) is 1.31. The van der Waals surface area contributed by atoms with Gasteiger partial charge in [-0.05, 0) is 31.0 Å². The number of nitrogens with zero attached hydrogens (tertiary/aromatic N) is 1. The lowest BCUT2D eigenvalue weighted by Gasteiger charge is -2.20. The Hall–Kier alpha value is 0.420. The Balaban J connectivity index is 3.23. The molecule has 0 fully saturated rings. The maximum absolute atomic E-state index is 12.7. The molecule has 1 heterocycles. The number of aryl methyl sites for hydroxylation is 1. The van der Waals surface area contributed by atoms with Crippen molar-refractivity contribution in [2.75, 3.05) is 0 Å². The van der Waals surface area contributed by atoms with E-state index in [1.54, 1.807) is 6.92 Å². The van der Waals surface area contributed by atoms with Gasteiger partial charge in [0.25, 0.3) is 0 Å². The maximum Gasteiger partial charge on any atom is 0.142 e. The Morgan fingerprint density at radius 2 is 2.17 bits per heavy atom. The van der Waals surface area contributed by atoms with Crippen LogP contribution in [0.1, 0.15) is 5.69 Å². The molecule has 0 bridgehead atoms. The van der Waals surface area contributed by atoms with E-state index in [1.165, 1.54) is 6.07 Å². The van der Waals surface area contributed by atoms with Crippen molar-refractivity contribution in [2.45, 2.75) is 11.8 Å². The fraction of sp³-hybridized carbons (Fsp3) is 0.167. The van der Waals surface area contributed by atoms with Crippen LogP contribution >= 0.6 is 41.3 Å². The molecule has 0 N–H and O–H groups in total. The average Bonchev–Trinajstić information content (AvgIpc) is 1.92. The van der Waals surface area contributed by atoms with Crippen molar-refractivity contribution < 1.29 is 4.39 Å². The van der Waals surface area contributed by atoms with Gasteiger partial charge in [-0.1, -0.05) is 0 Å². The summed E-state index contributed by atoms with van der Waals surface area (Å²) in [5, 5.41) is 0. The summed E-state index contributed by atoms with van der Waals surface area (Å²) in [6.45, 7) is 1.74. The highest BCUT2D eigenvalue weighted by Crippen LogP contribution is 2.68.